The molecule has 0 unspecified atom stereocenters. The van der Waals surface area contributed by atoms with Gasteiger partial charge in [-0.05, 0) is 83.6 Å². The number of fused-ring (bicyclic) bond motifs is 4. The number of methoxy groups -OCH3 is 1. The van der Waals surface area contributed by atoms with Gasteiger partial charge in [-0.3, -0.25) is 0 Å². The summed E-state index contributed by atoms with van der Waals surface area (Å²) < 4.78 is 16.5. The fourth-order valence-electron chi connectivity index (χ4n) is 4.58. The summed E-state index contributed by atoms with van der Waals surface area (Å²) in [5.41, 5.74) is 3.36. The molecule has 6 aromatic rings. The third kappa shape index (κ3) is 4.02. The van der Waals surface area contributed by atoms with Crippen LogP contribution in [-0.2, 0) is 6.61 Å². The summed E-state index contributed by atoms with van der Waals surface area (Å²) in [4.78, 5) is 0. The van der Waals surface area contributed by atoms with Crippen molar-refractivity contribution in [2.75, 3.05) is 7.11 Å². The molecule has 35 heavy (non-hydrogen) atoms. The highest BCUT2D eigenvalue weighted by atomic mass is 79.9. The summed E-state index contributed by atoms with van der Waals surface area (Å²) in [6, 6.07) is 31.7. The van der Waals surface area contributed by atoms with Crippen LogP contribution in [0.1, 0.15) is 5.56 Å². The Balaban J connectivity index is 1.54. The summed E-state index contributed by atoms with van der Waals surface area (Å²) >= 11 is 9.43. The fourth-order valence-corrected chi connectivity index (χ4v) is 7.16. The molecule has 0 amide bonds. The van der Waals surface area contributed by atoms with E-state index in [4.69, 9.17) is 9.47 Å². The average molecular weight is 604 g/mol. The second-order valence-corrected chi connectivity index (χ2v) is 11.0. The molecule has 0 aliphatic heterocycles. The molecular weight excluding hydrogens is 584 g/mol. The van der Waals surface area contributed by atoms with Gasteiger partial charge < -0.3 is 9.47 Å². The van der Waals surface area contributed by atoms with Crippen LogP contribution in [0.2, 0.25) is 0 Å². The maximum absolute atomic E-state index is 6.25. The number of hydrogen-bond acceptors (Lipinski definition) is 3. The maximum atomic E-state index is 6.25. The van der Waals surface area contributed by atoms with Crippen molar-refractivity contribution in [3.05, 3.63) is 106 Å². The third-order valence-corrected chi connectivity index (χ3v) is 9.07. The standard InChI is InChI=1S/C30H20Br2O2S/c1-33-29-24(31)15-20(16-25(29)34-17-18-8-3-2-4-9-18)21-12-7-13-26-27(21)23-14-19-10-5-6-11-22(19)28(32)30(23)35-26/h2-16H,17H2,1H3. The van der Waals surface area contributed by atoms with Gasteiger partial charge in [0.1, 0.15) is 6.61 Å². The Bertz CT molecular complexity index is 1710. The van der Waals surface area contributed by atoms with Crippen molar-refractivity contribution in [3.8, 4) is 22.6 Å². The van der Waals surface area contributed by atoms with E-state index in [1.165, 1.54) is 36.5 Å². The quantitative estimate of drug-likeness (QED) is 0.195. The topological polar surface area (TPSA) is 18.5 Å². The lowest BCUT2D eigenvalue weighted by Gasteiger charge is -2.15. The number of benzene rings is 5. The Morgan fingerprint density at radius 1 is 0.800 bits per heavy atom. The van der Waals surface area contributed by atoms with Crippen LogP contribution in [-0.4, -0.2) is 7.11 Å². The zero-order chi connectivity index (χ0) is 23.9. The number of hydrogen-bond donors (Lipinski definition) is 0. The van der Waals surface area contributed by atoms with Crippen molar-refractivity contribution < 1.29 is 9.47 Å². The van der Waals surface area contributed by atoms with Crippen molar-refractivity contribution in [1.29, 1.82) is 0 Å². The number of thiophene rings is 1. The van der Waals surface area contributed by atoms with E-state index in [0.29, 0.717) is 18.1 Å². The van der Waals surface area contributed by atoms with Crippen LogP contribution < -0.4 is 9.47 Å². The molecule has 0 radical (unpaired) electrons. The van der Waals surface area contributed by atoms with Crippen molar-refractivity contribution in [3.63, 3.8) is 0 Å². The van der Waals surface area contributed by atoms with Gasteiger partial charge in [0, 0.05) is 19.9 Å². The molecule has 0 fully saturated rings. The third-order valence-electron chi connectivity index (χ3n) is 6.21. The SMILES string of the molecule is COc1c(Br)cc(-c2cccc3sc4c(Br)c5ccccc5cc4c23)cc1OCc1ccccc1. The zero-order valence-electron chi connectivity index (χ0n) is 18.8. The highest BCUT2D eigenvalue weighted by Gasteiger charge is 2.18. The molecule has 0 bridgehead atoms. The number of ether oxygens (including phenoxy) is 2. The highest BCUT2D eigenvalue weighted by molar-refractivity contribution is 9.11. The molecule has 0 atom stereocenters. The Morgan fingerprint density at radius 3 is 2.43 bits per heavy atom. The predicted octanol–water partition coefficient (Wildman–Crippen LogP) is 9.99. The lowest BCUT2D eigenvalue weighted by molar-refractivity contribution is 0.284. The fraction of sp³-hybridized carbons (Fsp3) is 0.0667. The molecule has 2 nitrogen and oxygen atoms in total. The normalized spacial score (nSPS) is 11.4. The van der Waals surface area contributed by atoms with Gasteiger partial charge in [-0.25, -0.2) is 0 Å². The van der Waals surface area contributed by atoms with E-state index in [2.05, 4.69) is 105 Å². The van der Waals surface area contributed by atoms with E-state index in [0.717, 1.165) is 20.1 Å². The molecule has 172 valence electrons. The van der Waals surface area contributed by atoms with Crippen LogP contribution in [0.3, 0.4) is 0 Å². The molecule has 5 heteroatoms. The molecule has 0 saturated carbocycles. The van der Waals surface area contributed by atoms with Gasteiger partial charge in [-0.15, -0.1) is 11.3 Å². The molecular formula is C30H20Br2O2S. The minimum absolute atomic E-state index is 0.470. The Labute approximate surface area is 224 Å². The van der Waals surface area contributed by atoms with Crippen LogP contribution in [0.5, 0.6) is 11.5 Å². The molecule has 0 N–H and O–H groups in total. The summed E-state index contributed by atoms with van der Waals surface area (Å²) in [6.07, 6.45) is 0. The van der Waals surface area contributed by atoms with Crippen molar-refractivity contribution >= 4 is 74.1 Å². The van der Waals surface area contributed by atoms with Crippen molar-refractivity contribution in [2.24, 2.45) is 0 Å². The van der Waals surface area contributed by atoms with Gasteiger partial charge in [-0.2, -0.15) is 0 Å². The van der Waals surface area contributed by atoms with E-state index in [1.54, 1.807) is 7.11 Å². The van der Waals surface area contributed by atoms with Gasteiger partial charge in [0.15, 0.2) is 11.5 Å². The second kappa shape index (κ2) is 9.30. The molecule has 5 aromatic carbocycles. The lowest BCUT2D eigenvalue weighted by atomic mass is 9.98. The Kier molecular flexibility index (Phi) is 6.01. The Hall–Kier alpha value is -2.86. The van der Waals surface area contributed by atoms with Crippen molar-refractivity contribution in [1.82, 2.24) is 0 Å². The van der Waals surface area contributed by atoms with Crippen molar-refractivity contribution in [2.45, 2.75) is 6.61 Å². The minimum atomic E-state index is 0.470. The maximum Gasteiger partial charge on any atom is 0.174 e. The first kappa shape index (κ1) is 22.6. The molecule has 0 aliphatic rings. The van der Waals surface area contributed by atoms with Crippen LogP contribution in [0.25, 0.3) is 42.1 Å². The van der Waals surface area contributed by atoms with E-state index in [1.807, 2.05) is 29.5 Å². The minimum Gasteiger partial charge on any atom is -0.492 e. The van der Waals surface area contributed by atoms with Crippen LogP contribution in [0.15, 0.2) is 99.9 Å². The molecule has 1 aromatic heterocycles. The average Bonchev–Trinajstić information content (AvgIpc) is 3.27. The lowest BCUT2D eigenvalue weighted by Crippen LogP contribution is -1.98. The highest BCUT2D eigenvalue weighted by Crippen LogP contribution is 2.47. The predicted molar refractivity (Wildman–Crippen MR) is 155 cm³/mol. The van der Waals surface area contributed by atoms with Crippen LogP contribution in [0, 0.1) is 0 Å². The molecule has 1 heterocycles. The number of halogens is 2. The molecule has 0 aliphatic carbocycles. The molecule has 0 spiro atoms. The first-order chi connectivity index (χ1) is 17.1. The smallest absolute Gasteiger partial charge is 0.174 e. The van der Waals surface area contributed by atoms with E-state index < -0.39 is 0 Å². The van der Waals surface area contributed by atoms with Crippen LogP contribution >= 0.6 is 43.2 Å². The first-order valence-corrected chi connectivity index (χ1v) is 13.6. The summed E-state index contributed by atoms with van der Waals surface area (Å²) in [6.45, 7) is 0.470. The van der Waals surface area contributed by atoms with E-state index in [-0.39, 0.29) is 0 Å². The monoisotopic (exact) mass is 602 g/mol. The summed E-state index contributed by atoms with van der Waals surface area (Å²) in [5, 5.41) is 4.97. The number of rotatable bonds is 5. The second-order valence-electron chi connectivity index (χ2n) is 8.33. The van der Waals surface area contributed by atoms with Gasteiger partial charge in [0.25, 0.3) is 0 Å². The molecule has 0 saturated heterocycles. The van der Waals surface area contributed by atoms with Gasteiger partial charge >= 0.3 is 0 Å². The largest absolute Gasteiger partial charge is 0.492 e. The van der Waals surface area contributed by atoms with Crippen LogP contribution in [0.4, 0.5) is 0 Å². The van der Waals surface area contributed by atoms with E-state index in [9.17, 15) is 0 Å². The van der Waals surface area contributed by atoms with Gasteiger partial charge in [0.2, 0.25) is 0 Å². The Morgan fingerprint density at radius 2 is 1.60 bits per heavy atom. The van der Waals surface area contributed by atoms with Gasteiger partial charge in [-0.1, -0.05) is 66.7 Å². The zero-order valence-corrected chi connectivity index (χ0v) is 22.8. The summed E-state index contributed by atoms with van der Waals surface area (Å²) in [5.74, 6) is 1.41. The van der Waals surface area contributed by atoms with Gasteiger partial charge in [0.05, 0.1) is 16.3 Å². The van der Waals surface area contributed by atoms with E-state index >= 15 is 0 Å². The summed E-state index contributed by atoms with van der Waals surface area (Å²) in [7, 11) is 1.67. The first-order valence-electron chi connectivity index (χ1n) is 11.2. The molecule has 6 rings (SSSR count).